The highest BCUT2D eigenvalue weighted by molar-refractivity contribution is 6.16. The number of alkyl halides is 1. The predicted molar refractivity (Wildman–Crippen MR) is 73.9 cm³/mol. The molecule has 0 bridgehead atoms. The molecule has 0 spiro atoms. The van der Waals surface area contributed by atoms with Gasteiger partial charge in [0.25, 0.3) is 0 Å². The molecule has 1 aromatic rings. The highest BCUT2D eigenvalue weighted by atomic mass is 35.5. The van der Waals surface area contributed by atoms with E-state index in [1.807, 2.05) is 6.07 Å². The van der Waals surface area contributed by atoms with Crippen LogP contribution in [0.5, 0.6) is 0 Å². The summed E-state index contributed by atoms with van der Waals surface area (Å²) in [5.74, 6) is 3.30. The summed E-state index contributed by atoms with van der Waals surface area (Å²) in [5, 5.41) is 8.46. The number of aromatic nitrogens is 2. The van der Waals surface area contributed by atoms with E-state index in [-0.39, 0.29) is 0 Å². The quantitative estimate of drug-likeness (QED) is 0.769. The Hall–Kier alpha value is -0.830. The first-order valence-electron chi connectivity index (χ1n) is 7.00. The second kappa shape index (κ2) is 5.43. The molecule has 2 fully saturated rings. The average molecular weight is 266 g/mol. The lowest BCUT2D eigenvalue weighted by molar-refractivity contribution is 0.202. The SMILES string of the molecule is ClCc1ccc(N2CCC3CCCCC3C2)nn1. The van der Waals surface area contributed by atoms with E-state index in [4.69, 9.17) is 11.6 Å². The largest absolute Gasteiger partial charge is 0.355 e. The fraction of sp³-hybridized carbons (Fsp3) is 0.714. The summed E-state index contributed by atoms with van der Waals surface area (Å²) in [7, 11) is 0. The molecule has 0 N–H and O–H groups in total. The Bertz CT molecular complexity index is 393. The minimum absolute atomic E-state index is 0.442. The highest BCUT2D eigenvalue weighted by Crippen LogP contribution is 2.36. The van der Waals surface area contributed by atoms with Crippen molar-refractivity contribution in [2.45, 2.75) is 38.0 Å². The minimum atomic E-state index is 0.442. The fourth-order valence-corrected chi connectivity index (χ4v) is 3.54. The monoisotopic (exact) mass is 265 g/mol. The molecule has 0 amide bonds. The van der Waals surface area contributed by atoms with Crippen LogP contribution in [0.4, 0.5) is 5.82 Å². The predicted octanol–water partition coefficient (Wildman–Crippen LogP) is 3.23. The van der Waals surface area contributed by atoms with Gasteiger partial charge in [-0.05, 0) is 36.8 Å². The van der Waals surface area contributed by atoms with E-state index < -0.39 is 0 Å². The number of rotatable bonds is 2. The van der Waals surface area contributed by atoms with Crippen molar-refractivity contribution in [1.29, 1.82) is 0 Å². The second-order valence-electron chi connectivity index (χ2n) is 5.56. The zero-order valence-electron chi connectivity index (χ0n) is 10.7. The molecule has 1 aromatic heterocycles. The highest BCUT2D eigenvalue weighted by Gasteiger charge is 2.31. The molecule has 3 nitrogen and oxygen atoms in total. The van der Waals surface area contributed by atoms with Crippen molar-refractivity contribution in [3.05, 3.63) is 17.8 Å². The van der Waals surface area contributed by atoms with Crippen LogP contribution in [-0.4, -0.2) is 23.3 Å². The van der Waals surface area contributed by atoms with Gasteiger partial charge in [0.2, 0.25) is 0 Å². The number of piperidine rings is 1. The molecule has 1 aliphatic heterocycles. The van der Waals surface area contributed by atoms with Gasteiger partial charge in [-0.1, -0.05) is 19.3 Å². The van der Waals surface area contributed by atoms with Gasteiger partial charge >= 0.3 is 0 Å². The Kier molecular flexibility index (Phi) is 3.69. The summed E-state index contributed by atoms with van der Waals surface area (Å²) in [6.07, 6.45) is 7.00. The molecule has 4 heteroatoms. The molecule has 18 heavy (non-hydrogen) atoms. The summed E-state index contributed by atoms with van der Waals surface area (Å²) in [4.78, 5) is 2.40. The lowest BCUT2D eigenvalue weighted by atomic mass is 9.75. The molecule has 1 saturated carbocycles. The van der Waals surface area contributed by atoms with Gasteiger partial charge in [0.15, 0.2) is 5.82 Å². The normalized spacial score (nSPS) is 27.9. The van der Waals surface area contributed by atoms with E-state index in [9.17, 15) is 0 Å². The molecule has 98 valence electrons. The van der Waals surface area contributed by atoms with Crippen LogP contribution in [0.3, 0.4) is 0 Å². The van der Waals surface area contributed by atoms with Crippen molar-refractivity contribution in [3.8, 4) is 0 Å². The number of halogens is 1. The summed E-state index contributed by atoms with van der Waals surface area (Å²) in [5.41, 5.74) is 0.855. The Morgan fingerprint density at radius 2 is 1.94 bits per heavy atom. The third-order valence-corrected chi connectivity index (χ3v) is 4.73. The Morgan fingerprint density at radius 1 is 1.11 bits per heavy atom. The second-order valence-corrected chi connectivity index (χ2v) is 5.82. The van der Waals surface area contributed by atoms with E-state index in [0.717, 1.165) is 29.9 Å². The molecule has 2 unspecified atom stereocenters. The maximum atomic E-state index is 5.74. The summed E-state index contributed by atoms with van der Waals surface area (Å²) in [6, 6.07) is 4.05. The van der Waals surface area contributed by atoms with Crippen molar-refractivity contribution in [2.24, 2.45) is 11.8 Å². The van der Waals surface area contributed by atoms with Gasteiger partial charge in [-0.25, -0.2) is 0 Å². The number of nitrogens with zero attached hydrogens (tertiary/aromatic N) is 3. The van der Waals surface area contributed by atoms with E-state index in [1.165, 1.54) is 38.6 Å². The summed E-state index contributed by atoms with van der Waals surface area (Å²) in [6.45, 7) is 2.30. The number of hydrogen-bond donors (Lipinski definition) is 0. The smallest absolute Gasteiger partial charge is 0.151 e. The van der Waals surface area contributed by atoms with Gasteiger partial charge in [0.1, 0.15) is 0 Å². The third kappa shape index (κ3) is 2.46. The van der Waals surface area contributed by atoms with Crippen molar-refractivity contribution < 1.29 is 0 Å². The molecule has 3 rings (SSSR count). The van der Waals surface area contributed by atoms with E-state index in [1.54, 1.807) is 0 Å². The number of hydrogen-bond acceptors (Lipinski definition) is 3. The lowest BCUT2D eigenvalue weighted by Gasteiger charge is -2.41. The number of anilines is 1. The Morgan fingerprint density at radius 3 is 2.67 bits per heavy atom. The fourth-order valence-electron chi connectivity index (χ4n) is 3.40. The van der Waals surface area contributed by atoms with Crippen molar-refractivity contribution in [1.82, 2.24) is 10.2 Å². The molecule has 2 aliphatic rings. The van der Waals surface area contributed by atoms with Gasteiger partial charge in [-0.3, -0.25) is 0 Å². The number of fused-ring (bicyclic) bond motifs is 1. The van der Waals surface area contributed by atoms with Crippen LogP contribution >= 0.6 is 11.6 Å². The van der Waals surface area contributed by atoms with Gasteiger partial charge < -0.3 is 4.90 Å². The van der Waals surface area contributed by atoms with Crippen LogP contribution < -0.4 is 4.90 Å². The lowest BCUT2D eigenvalue weighted by Crippen LogP contribution is -2.42. The van der Waals surface area contributed by atoms with Crippen LogP contribution in [0.2, 0.25) is 0 Å². The van der Waals surface area contributed by atoms with Gasteiger partial charge in [-0.15, -0.1) is 16.7 Å². The third-order valence-electron chi connectivity index (χ3n) is 4.46. The van der Waals surface area contributed by atoms with Crippen LogP contribution in [0.1, 0.15) is 37.8 Å². The summed E-state index contributed by atoms with van der Waals surface area (Å²) < 4.78 is 0. The first-order valence-corrected chi connectivity index (χ1v) is 7.54. The van der Waals surface area contributed by atoms with Crippen molar-refractivity contribution in [2.75, 3.05) is 18.0 Å². The van der Waals surface area contributed by atoms with Crippen molar-refractivity contribution >= 4 is 17.4 Å². The Labute approximate surface area is 114 Å². The summed E-state index contributed by atoms with van der Waals surface area (Å²) >= 11 is 5.74. The van der Waals surface area contributed by atoms with E-state index >= 15 is 0 Å². The molecule has 2 atom stereocenters. The topological polar surface area (TPSA) is 29.0 Å². The Balaban J connectivity index is 1.69. The van der Waals surface area contributed by atoms with Gasteiger partial charge in [0, 0.05) is 13.1 Å². The zero-order valence-corrected chi connectivity index (χ0v) is 11.4. The first-order chi connectivity index (χ1) is 8.86. The van der Waals surface area contributed by atoms with E-state index in [0.29, 0.717) is 5.88 Å². The van der Waals surface area contributed by atoms with Gasteiger partial charge in [0.05, 0.1) is 11.6 Å². The zero-order chi connectivity index (χ0) is 12.4. The minimum Gasteiger partial charge on any atom is -0.355 e. The van der Waals surface area contributed by atoms with Crippen LogP contribution in [-0.2, 0) is 5.88 Å². The molecular weight excluding hydrogens is 246 g/mol. The average Bonchev–Trinajstić information content (AvgIpc) is 2.47. The van der Waals surface area contributed by atoms with Crippen LogP contribution in [0, 0.1) is 11.8 Å². The molecular formula is C14H20ClN3. The van der Waals surface area contributed by atoms with Crippen molar-refractivity contribution in [3.63, 3.8) is 0 Å². The molecule has 0 radical (unpaired) electrons. The maximum Gasteiger partial charge on any atom is 0.151 e. The van der Waals surface area contributed by atoms with Crippen LogP contribution in [0.25, 0.3) is 0 Å². The molecule has 1 aliphatic carbocycles. The molecule has 2 heterocycles. The van der Waals surface area contributed by atoms with E-state index in [2.05, 4.69) is 21.2 Å². The molecule has 0 aromatic carbocycles. The standard InChI is InChI=1S/C14H20ClN3/c15-9-13-5-6-14(17-16-13)18-8-7-11-3-1-2-4-12(11)10-18/h5-6,11-12H,1-4,7-10H2. The first kappa shape index (κ1) is 12.2. The molecule has 1 saturated heterocycles. The maximum absolute atomic E-state index is 5.74. The van der Waals surface area contributed by atoms with Gasteiger partial charge in [-0.2, -0.15) is 5.10 Å². The van der Waals surface area contributed by atoms with Crippen LogP contribution in [0.15, 0.2) is 12.1 Å².